The molecule has 1 atom stereocenters. The Morgan fingerprint density at radius 2 is 1.95 bits per heavy atom. The van der Waals surface area contributed by atoms with Crippen molar-refractivity contribution in [1.29, 1.82) is 0 Å². The molecule has 0 aliphatic rings. The summed E-state index contributed by atoms with van der Waals surface area (Å²) in [6.45, 7) is 4.74. The fourth-order valence-electron chi connectivity index (χ4n) is 2.26. The molecule has 0 heterocycles. The fraction of sp³-hybridized carbons (Fsp3) is 0.294. The first-order chi connectivity index (χ1) is 10.0. The Balaban J connectivity index is 0.00000242. The highest BCUT2D eigenvalue weighted by atomic mass is 79.9. The van der Waals surface area contributed by atoms with Crippen LogP contribution in [0.4, 0.5) is 0 Å². The SMILES string of the molecule is COc1ccc(C)cc1C(C)NCc1cc(Br)ccc1O.Cl. The molecule has 5 heteroatoms. The van der Waals surface area contributed by atoms with Crippen LogP contribution in [0.5, 0.6) is 11.5 Å². The zero-order chi connectivity index (χ0) is 15.4. The highest BCUT2D eigenvalue weighted by Gasteiger charge is 2.12. The number of aromatic hydroxyl groups is 1. The van der Waals surface area contributed by atoms with Crippen molar-refractivity contribution in [3.05, 3.63) is 57.6 Å². The number of phenolic OH excluding ortho intramolecular Hbond substituents is 1. The maximum atomic E-state index is 9.88. The predicted octanol–water partition coefficient (Wildman–Crippen LogP) is 4.74. The molecule has 3 nitrogen and oxygen atoms in total. The van der Waals surface area contributed by atoms with Crippen LogP contribution >= 0.6 is 28.3 Å². The van der Waals surface area contributed by atoms with E-state index in [0.29, 0.717) is 12.3 Å². The largest absolute Gasteiger partial charge is 0.508 e. The monoisotopic (exact) mass is 385 g/mol. The first kappa shape index (κ1) is 18.8. The van der Waals surface area contributed by atoms with Gasteiger partial charge in [-0.25, -0.2) is 0 Å². The van der Waals surface area contributed by atoms with E-state index in [2.05, 4.69) is 41.2 Å². The van der Waals surface area contributed by atoms with Crippen molar-refractivity contribution >= 4 is 28.3 Å². The lowest BCUT2D eigenvalue weighted by Gasteiger charge is -2.18. The molecule has 0 radical (unpaired) electrons. The molecule has 0 spiro atoms. The van der Waals surface area contributed by atoms with Crippen LogP contribution in [0.1, 0.15) is 29.7 Å². The third kappa shape index (κ3) is 4.63. The Hall–Kier alpha value is -1.23. The molecular weight excluding hydrogens is 366 g/mol. The Morgan fingerprint density at radius 3 is 2.64 bits per heavy atom. The van der Waals surface area contributed by atoms with Crippen LogP contribution < -0.4 is 10.1 Å². The molecule has 0 amide bonds. The van der Waals surface area contributed by atoms with Crippen LogP contribution in [0.15, 0.2) is 40.9 Å². The number of methoxy groups -OCH3 is 1. The summed E-state index contributed by atoms with van der Waals surface area (Å²) in [5.41, 5.74) is 3.18. The molecule has 0 fully saturated rings. The quantitative estimate of drug-likeness (QED) is 0.779. The van der Waals surface area contributed by atoms with Crippen LogP contribution in [0.25, 0.3) is 0 Å². The molecule has 0 aromatic heterocycles. The summed E-state index contributed by atoms with van der Waals surface area (Å²) in [5, 5.41) is 13.3. The number of rotatable bonds is 5. The maximum absolute atomic E-state index is 9.88. The fourth-order valence-corrected chi connectivity index (χ4v) is 2.67. The first-order valence-corrected chi connectivity index (χ1v) is 7.66. The summed E-state index contributed by atoms with van der Waals surface area (Å²) in [6.07, 6.45) is 0. The van der Waals surface area contributed by atoms with Crippen molar-refractivity contribution in [3.63, 3.8) is 0 Å². The van der Waals surface area contributed by atoms with E-state index in [1.165, 1.54) is 5.56 Å². The minimum atomic E-state index is 0. The Kier molecular flexibility index (Phi) is 7.20. The van der Waals surface area contributed by atoms with Gasteiger partial charge in [-0.3, -0.25) is 0 Å². The van der Waals surface area contributed by atoms with E-state index >= 15 is 0 Å². The average molecular weight is 387 g/mol. The third-order valence-corrected chi connectivity index (χ3v) is 3.99. The number of hydrogen-bond acceptors (Lipinski definition) is 3. The molecule has 0 bridgehead atoms. The second-order valence-corrected chi connectivity index (χ2v) is 6.04. The maximum Gasteiger partial charge on any atom is 0.123 e. The topological polar surface area (TPSA) is 41.5 Å². The predicted molar refractivity (Wildman–Crippen MR) is 96.0 cm³/mol. The minimum Gasteiger partial charge on any atom is -0.508 e. The molecule has 0 aliphatic carbocycles. The second-order valence-electron chi connectivity index (χ2n) is 5.12. The van der Waals surface area contributed by atoms with Gasteiger partial charge in [0.15, 0.2) is 0 Å². The van der Waals surface area contributed by atoms with Crippen molar-refractivity contribution in [2.45, 2.75) is 26.4 Å². The Morgan fingerprint density at radius 1 is 1.23 bits per heavy atom. The van der Waals surface area contributed by atoms with Gasteiger partial charge >= 0.3 is 0 Å². The molecule has 22 heavy (non-hydrogen) atoms. The van der Waals surface area contributed by atoms with Crippen molar-refractivity contribution in [1.82, 2.24) is 5.32 Å². The molecule has 0 saturated heterocycles. The van der Waals surface area contributed by atoms with Gasteiger partial charge in [-0.1, -0.05) is 33.6 Å². The number of nitrogens with one attached hydrogen (secondary N) is 1. The van der Waals surface area contributed by atoms with Crippen molar-refractivity contribution < 1.29 is 9.84 Å². The lowest BCUT2D eigenvalue weighted by molar-refractivity contribution is 0.400. The number of halogens is 2. The van der Waals surface area contributed by atoms with E-state index in [-0.39, 0.29) is 18.4 Å². The summed E-state index contributed by atoms with van der Waals surface area (Å²) in [6, 6.07) is 11.7. The molecular formula is C17H21BrClNO2. The number of benzene rings is 2. The molecule has 2 aromatic rings. The Bertz CT molecular complexity index is 634. The highest BCUT2D eigenvalue weighted by molar-refractivity contribution is 9.10. The van der Waals surface area contributed by atoms with E-state index in [0.717, 1.165) is 21.3 Å². The van der Waals surface area contributed by atoms with Gasteiger partial charge in [-0.15, -0.1) is 12.4 Å². The first-order valence-electron chi connectivity index (χ1n) is 6.86. The van der Waals surface area contributed by atoms with Gasteiger partial charge in [0.1, 0.15) is 11.5 Å². The van der Waals surface area contributed by atoms with Gasteiger partial charge < -0.3 is 15.2 Å². The van der Waals surface area contributed by atoms with Gasteiger partial charge in [0.25, 0.3) is 0 Å². The molecule has 2 rings (SSSR count). The number of ether oxygens (including phenoxy) is 1. The summed E-state index contributed by atoms with van der Waals surface area (Å²) in [4.78, 5) is 0. The highest BCUT2D eigenvalue weighted by Crippen LogP contribution is 2.27. The van der Waals surface area contributed by atoms with Crippen LogP contribution in [-0.4, -0.2) is 12.2 Å². The van der Waals surface area contributed by atoms with Crippen molar-refractivity contribution in [2.75, 3.05) is 7.11 Å². The summed E-state index contributed by atoms with van der Waals surface area (Å²) in [5.74, 6) is 1.17. The molecule has 2 N–H and O–H groups in total. The van der Waals surface area contributed by atoms with Crippen LogP contribution in [0.2, 0.25) is 0 Å². The lowest BCUT2D eigenvalue weighted by Crippen LogP contribution is -2.19. The third-order valence-electron chi connectivity index (χ3n) is 3.49. The van der Waals surface area contributed by atoms with E-state index in [1.54, 1.807) is 13.2 Å². The minimum absolute atomic E-state index is 0. The number of phenols is 1. The van der Waals surface area contributed by atoms with Crippen LogP contribution in [0.3, 0.4) is 0 Å². The summed E-state index contributed by atoms with van der Waals surface area (Å²) < 4.78 is 6.38. The zero-order valence-electron chi connectivity index (χ0n) is 12.9. The van der Waals surface area contributed by atoms with E-state index < -0.39 is 0 Å². The molecule has 120 valence electrons. The number of hydrogen-bond donors (Lipinski definition) is 2. The normalized spacial score (nSPS) is 11.6. The van der Waals surface area contributed by atoms with Gasteiger partial charge in [0, 0.05) is 28.2 Å². The van der Waals surface area contributed by atoms with Gasteiger partial charge in [-0.2, -0.15) is 0 Å². The average Bonchev–Trinajstić information content (AvgIpc) is 2.47. The van der Waals surface area contributed by atoms with Gasteiger partial charge in [0.2, 0.25) is 0 Å². The van der Waals surface area contributed by atoms with E-state index in [4.69, 9.17) is 4.74 Å². The second kappa shape index (κ2) is 8.42. The smallest absolute Gasteiger partial charge is 0.123 e. The summed E-state index contributed by atoms with van der Waals surface area (Å²) in [7, 11) is 1.68. The standard InChI is InChI=1S/C17H20BrNO2.ClH/c1-11-4-7-17(21-3)15(8-11)12(2)19-10-13-9-14(18)5-6-16(13)20;/h4-9,12,19-20H,10H2,1-3H3;1H. The van der Waals surface area contributed by atoms with Crippen molar-refractivity contribution in [3.8, 4) is 11.5 Å². The Labute approximate surface area is 146 Å². The number of aryl methyl sites for hydroxylation is 1. The van der Waals surface area contributed by atoms with Crippen LogP contribution in [0, 0.1) is 6.92 Å². The van der Waals surface area contributed by atoms with E-state index in [9.17, 15) is 5.11 Å². The molecule has 1 unspecified atom stereocenters. The summed E-state index contributed by atoms with van der Waals surface area (Å²) >= 11 is 3.42. The molecule has 0 saturated carbocycles. The molecule has 0 aliphatic heterocycles. The molecule has 2 aromatic carbocycles. The van der Waals surface area contributed by atoms with Crippen molar-refractivity contribution in [2.24, 2.45) is 0 Å². The lowest BCUT2D eigenvalue weighted by atomic mass is 10.0. The van der Waals surface area contributed by atoms with Gasteiger partial charge in [0.05, 0.1) is 7.11 Å². The van der Waals surface area contributed by atoms with Gasteiger partial charge in [-0.05, 0) is 38.1 Å². The van der Waals surface area contributed by atoms with Crippen LogP contribution in [-0.2, 0) is 6.54 Å². The zero-order valence-corrected chi connectivity index (χ0v) is 15.3. The van der Waals surface area contributed by atoms with E-state index in [1.807, 2.05) is 24.3 Å².